The zero-order chi connectivity index (χ0) is 15.2. The smallest absolute Gasteiger partial charge is 0.337 e. The van der Waals surface area contributed by atoms with Gasteiger partial charge in [-0.15, -0.1) is 0 Å². The summed E-state index contributed by atoms with van der Waals surface area (Å²) >= 11 is 0. The van der Waals surface area contributed by atoms with Crippen LogP contribution in [0.5, 0.6) is 11.5 Å². The molecule has 0 aliphatic heterocycles. The summed E-state index contributed by atoms with van der Waals surface area (Å²) in [4.78, 5) is 11.4. The van der Waals surface area contributed by atoms with Crippen molar-refractivity contribution in [3.63, 3.8) is 0 Å². The number of nitrogen functional groups attached to an aromatic ring is 1. The number of nitrogens with two attached hydrogens (primary N) is 1. The van der Waals surface area contributed by atoms with E-state index in [9.17, 15) is 4.79 Å². The molecule has 0 fully saturated rings. The van der Waals surface area contributed by atoms with Gasteiger partial charge in [-0.1, -0.05) is 12.1 Å². The minimum atomic E-state index is -0.430. The SMILES string of the molecule is COC(=O)c1ccc(OCc2cccc(OC)c2)c(N)c1. The number of benzene rings is 2. The molecule has 0 spiro atoms. The average molecular weight is 287 g/mol. The number of rotatable bonds is 5. The summed E-state index contributed by atoms with van der Waals surface area (Å²) < 4.78 is 15.4. The molecule has 0 aliphatic rings. The van der Waals surface area contributed by atoms with Crippen molar-refractivity contribution in [2.45, 2.75) is 6.61 Å². The second-order valence-electron chi connectivity index (χ2n) is 4.38. The lowest BCUT2D eigenvalue weighted by Crippen LogP contribution is -2.04. The highest BCUT2D eigenvalue weighted by molar-refractivity contribution is 5.90. The molecular weight excluding hydrogens is 270 g/mol. The van der Waals surface area contributed by atoms with Crippen molar-refractivity contribution < 1.29 is 19.0 Å². The summed E-state index contributed by atoms with van der Waals surface area (Å²) in [6, 6.07) is 12.4. The normalized spacial score (nSPS) is 10.0. The minimum absolute atomic E-state index is 0.360. The van der Waals surface area contributed by atoms with Crippen molar-refractivity contribution in [2.24, 2.45) is 0 Å². The minimum Gasteiger partial charge on any atom is -0.497 e. The van der Waals surface area contributed by atoms with Gasteiger partial charge in [-0.3, -0.25) is 0 Å². The van der Waals surface area contributed by atoms with E-state index in [1.807, 2.05) is 24.3 Å². The van der Waals surface area contributed by atoms with Crippen molar-refractivity contribution in [1.82, 2.24) is 0 Å². The fraction of sp³-hybridized carbons (Fsp3) is 0.188. The molecule has 5 nitrogen and oxygen atoms in total. The first-order chi connectivity index (χ1) is 10.1. The summed E-state index contributed by atoms with van der Waals surface area (Å²) in [6.07, 6.45) is 0. The van der Waals surface area contributed by atoms with Gasteiger partial charge in [0.05, 0.1) is 25.5 Å². The van der Waals surface area contributed by atoms with Gasteiger partial charge < -0.3 is 19.9 Å². The van der Waals surface area contributed by atoms with Gasteiger partial charge >= 0.3 is 5.97 Å². The molecule has 0 radical (unpaired) electrons. The third kappa shape index (κ3) is 3.66. The first-order valence-electron chi connectivity index (χ1n) is 6.37. The van der Waals surface area contributed by atoms with E-state index in [0.717, 1.165) is 11.3 Å². The van der Waals surface area contributed by atoms with Crippen molar-refractivity contribution in [3.8, 4) is 11.5 Å². The maximum absolute atomic E-state index is 11.4. The molecule has 2 aromatic carbocycles. The van der Waals surface area contributed by atoms with Crippen molar-refractivity contribution in [3.05, 3.63) is 53.6 Å². The third-order valence-electron chi connectivity index (χ3n) is 2.96. The molecule has 2 N–H and O–H groups in total. The van der Waals surface area contributed by atoms with E-state index < -0.39 is 5.97 Å². The van der Waals surface area contributed by atoms with Gasteiger partial charge in [-0.2, -0.15) is 0 Å². The van der Waals surface area contributed by atoms with Crippen LogP contribution >= 0.6 is 0 Å². The second kappa shape index (κ2) is 6.65. The van der Waals surface area contributed by atoms with Gasteiger partial charge in [-0.05, 0) is 35.9 Å². The van der Waals surface area contributed by atoms with E-state index >= 15 is 0 Å². The Morgan fingerprint density at radius 2 is 1.95 bits per heavy atom. The summed E-state index contributed by atoms with van der Waals surface area (Å²) in [5.74, 6) is 0.858. The van der Waals surface area contributed by atoms with E-state index in [1.165, 1.54) is 13.2 Å². The summed E-state index contributed by atoms with van der Waals surface area (Å²) in [5.41, 5.74) is 7.62. The molecule has 0 bridgehead atoms. The monoisotopic (exact) mass is 287 g/mol. The molecule has 0 aliphatic carbocycles. The number of carbonyl (C=O) groups excluding carboxylic acids is 1. The highest BCUT2D eigenvalue weighted by Gasteiger charge is 2.09. The van der Waals surface area contributed by atoms with Crippen LogP contribution < -0.4 is 15.2 Å². The molecule has 0 aromatic heterocycles. The lowest BCUT2D eigenvalue weighted by atomic mass is 10.2. The molecule has 110 valence electrons. The Labute approximate surface area is 123 Å². The summed E-state index contributed by atoms with van der Waals surface area (Å²) in [7, 11) is 2.94. The Morgan fingerprint density at radius 1 is 1.14 bits per heavy atom. The average Bonchev–Trinajstić information content (AvgIpc) is 2.53. The van der Waals surface area contributed by atoms with Crippen LogP contribution in [-0.4, -0.2) is 20.2 Å². The molecule has 0 unspecified atom stereocenters. The van der Waals surface area contributed by atoms with Crippen LogP contribution in [0.1, 0.15) is 15.9 Å². The quantitative estimate of drug-likeness (QED) is 0.676. The Kier molecular flexibility index (Phi) is 4.66. The molecular formula is C16H17NO4. The van der Waals surface area contributed by atoms with Crippen LogP contribution in [-0.2, 0) is 11.3 Å². The lowest BCUT2D eigenvalue weighted by Gasteiger charge is -2.10. The molecule has 0 saturated carbocycles. The van der Waals surface area contributed by atoms with Crippen molar-refractivity contribution in [2.75, 3.05) is 20.0 Å². The van der Waals surface area contributed by atoms with E-state index in [0.29, 0.717) is 23.6 Å². The zero-order valence-corrected chi connectivity index (χ0v) is 12.0. The number of anilines is 1. The highest BCUT2D eigenvalue weighted by Crippen LogP contribution is 2.24. The van der Waals surface area contributed by atoms with Gasteiger partial charge in [0, 0.05) is 0 Å². The number of esters is 1. The Hall–Kier alpha value is -2.69. The van der Waals surface area contributed by atoms with Gasteiger partial charge in [-0.25, -0.2) is 4.79 Å². The topological polar surface area (TPSA) is 70.8 Å². The fourth-order valence-corrected chi connectivity index (χ4v) is 1.85. The van der Waals surface area contributed by atoms with Gasteiger partial charge in [0.2, 0.25) is 0 Å². The largest absolute Gasteiger partial charge is 0.497 e. The van der Waals surface area contributed by atoms with E-state index in [1.54, 1.807) is 19.2 Å². The van der Waals surface area contributed by atoms with Crippen LogP contribution in [0, 0.1) is 0 Å². The predicted molar refractivity (Wildman–Crippen MR) is 79.5 cm³/mol. The molecule has 0 amide bonds. The highest BCUT2D eigenvalue weighted by atomic mass is 16.5. The first kappa shape index (κ1) is 14.7. The Balaban J connectivity index is 2.07. The van der Waals surface area contributed by atoms with Gasteiger partial charge in [0.25, 0.3) is 0 Å². The standard InChI is InChI=1S/C16H17NO4/c1-19-13-5-3-4-11(8-13)10-21-15-7-6-12(9-14(15)17)16(18)20-2/h3-9H,10,17H2,1-2H3. The maximum Gasteiger partial charge on any atom is 0.337 e. The van der Waals surface area contributed by atoms with E-state index in [2.05, 4.69) is 4.74 Å². The summed E-state index contributed by atoms with van der Waals surface area (Å²) in [6.45, 7) is 0.360. The first-order valence-corrected chi connectivity index (χ1v) is 6.37. The van der Waals surface area contributed by atoms with E-state index in [4.69, 9.17) is 15.2 Å². The molecule has 0 saturated heterocycles. The third-order valence-corrected chi connectivity index (χ3v) is 2.96. The maximum atomic E-state index is 11.4. The van der Waals surface area contributed by atoms with Gasteiger partial charge in [0.15, 0.2) is 0 Å². The van der Waals surface area contributed by atoms with Crippen LogP contribution in [0.25, 0.3) is 0 Å². The molecule has 0 heterocycles. The molecule has 0 atom stereocenters. The van der Waals surface area contributed by atoms with Crippen LogP contribution in [0.3, 0.4) is 0 Å². The number of hydrogen-bond donors (Lipinski definition) is 1. The van der Waals surface area contributed by atoms with Crippen molar-refractivity contribution >= 4 is 11.7 Å². The van der Waals surface area contributed by atoms with Crippen LogP contribution in [0.4, 0.5) is 5.69 Å². The lowest BCUT2D eigenvalue weighted by molar-refractivity contribution is 0.0600. The van der Waals surface area contributed by atoms with Crippen LogP contribution in [0.2, 0.25) is 0 Å². The van der Waals surface area contributed by atoms with Crippen molar-refractivity contribution in [1.29, 1.82) is 0 Å². The summed E-state index contributed by atoms with van der Waals surface area (Å²) in [5, 5.41) is 0. The zero-order valence-electron chi connectivity index (χ0n) is 12.0. The molecule has 5 heteroatoms. The fourth-order valence-electron chi connectivity index (χ4n) is 1.85. The number of hydrogen-bond acceptors (Lipinski definition) is 5. The van der Waals surface area contributed by atoms with E-state index in [-0.39, 0.29) is 0 Å². The Morgan fingerprint density at radius 3 is 2.62 bits per heavy atom. The number of ether oxygens (including phenoxy) is 3. The second-order valence-corrected chi connectivity index (χ2v) is 4.38. The number of carbonyl (C=O) groups is 1. The van der Waals surface area contributed by atoms with Gasteiger partial charge in [0.1, 0.15) is 18.1 Å². The predicted octanol–water partition coefficient (Wildman–Crippen LogP) is 2.64. The molecule has 2 rings (SSSR count). The number of methoxy groups -OCH3 is 2. The Bertz CT molecular complexity index is 640. The molecule has 21 heavy (non-hydrogen) atoms. The molecule has 2 aromatic rings. The van der Waals surface area contributed by atoms with Crippen LogP contribution in [0.15, 0.2) is 42.5 Å².